The lowest BCUT2D eigenvalue weighted by Crippen LogP contribution is -2.53. The minimum Gasteiger partial charge on any atom is -0.471 e. The van der Waals surface area contributed by atoms with E-state index in [0.717, 1.165) is 25.0 Å². The van der Waals surface area contributed by atoms with Gasteiger partial charge in [-0.2, -0.15) is 5.10 Å². The van der Waals surface area contributed by atoms with E-state index in [1.807, 2.05) is 38.7 Å². The first-order valence-corrected chi connectivity index (χ1v) is 9.98. The Labute approximate surface area is 166 Å². The predicted molar refractivity (Wildman–Crippen MR) is 103 cm³/mol. The van der Waals surface area contributed by atoms with Crippen LogP contribution in [0.5, 0.6) is 5.88 Å². The SMILES string of the molecule is Cc1ccc(OC2CCCN(C(=O)C3CCCN3C(=O)OC(C)(C)C)C2)nn1. The molecule has 2 amide bonds. The van der Waals surface area contributed by atoms with Gasteiger partial charge in [0.25, 0.3) is 0 Å². The van der Waals surface area contributed by atoms with Gasteiger partial charge >= 0.3 is 6.09 Å². The number of likely N-dealkylation sites (tertiary alicyclic amines) is 2. The van der Waals surface area contributed by atoms with E-state index in [-0.39, 0.29) is 12.0 Å². The molecule has 2 aliphatic heterocycles. The third-order valence-electron chi connectivity index (χ3n) is 4.92. The van der Waals surface area contributed by atoms with Gasteiger partial charge < -0.3 is 14.4 Å². The lowest BCUT2D eigenvalue weighted by Gasteiger charge is -2.36. The van der Waals surface area contributed by atoms with Gasteiger partial charge in [-0.1, -0.05) is 0 Å². The molecule has 3 heterocycles. The van der Waals surface area contributed by atoms with E-state index in [4.69, 9.17) is 9.47 Å². The molecule has 1 aromatic rings. The van der Waals surface area contributed by atoms with Crippen LogP contribution in [-0.2, 0) is 9.53 Å². The molecular formula is C20H30N4O4. The molecule has 2 saturated heterocycles. The lowest BCUT2D eigenvalue weighted by molar-refractivity contribution is -0.138. The molecule has 3 rings (SSSR count). The molecule has 0 radical (unpaired) electrons. The van der Waals surface area contributed by atoms with E-state index in [2.05, 4.69) is 10.2 Å². The first-order chi connectivity index (χ1) is 13.2. The number of hydrogen-bond donors (Lipinski definition) is 0. The number of aryl methyl sites for hydroxylation is 1. The van der Waals surface area contributed by atoms with E-state index in [1.165, 1.54) is 0 Å². The maximum Gasteiger partial charge on any atom is 0.410 e. The van der Waals surface area contributed by atoms with Crippen molar-refractivity contribution in [2.75, 3.05) is 19.6 Å². The third-order valence-corrected chi connectivity index (χ3v) is 4.92. The predicted octanol–water partition coefficient (Wildman–Crippen LogP) is 2.55. The Morgan fingerprint density at radius 3 is 2.54 bits per heavy atom. The monoisotopic (exact) mass is 390 g/mol. The summed E-state index contributed by atoms with van der Waals surface area (Å²) in [5.41, 5.74) is 0.253. The molecule has 0 aromatic carbocycles. The van der Waals surface area contributed by atoms with Crippen LogP contribution >= 0.6 is 0 Å². The highest BCUT2D eigenvalue weighted by Gasteiger charge is 2.39. The lowest BCUT2D eigenvalue weighted by atomic mass is 10.1. The zero-order valence-electron chi connectivity index (χ0n) is 17.2. The molecule has 2 fully saturated rings. The van der Waals surface area contributed by atoms with Crippen LogP contribution in [0.25, 0.3) is 0 Å². The summed E-state index contributed by atoms with van der Waals surface area (Å²) in [5.74, 6) is 0.452. The van der Waals surface area contributed by atoms with Crippen LogP contribution in [0.2, 0.25) is 0 Å². The average Bonchev–Trinajstić information content (AvgIpc) is 3.12. The van der Waals surface area contributed by atoms with Gasteiger partial charge in [0.2, 0.25) is 11.8 Å². The van der Waals surface area contributed by atoms with Gasteiger partial charge in [-0.3, -0.25) is 9.69 Å². The fraction of sp³-hybridized carbons (Fsp3) is 0.700. The van der Waals surface area contributed by atoms with Crippen molar-refractivity contribution < 1.29 is 19.1 Å². The summed E-state index contributed by atoms with van der Waals surface area (Å²) in [6.45, 7) is 9.09. The minimum absolute atomic E-state index is 0.0216. The summed E-state index contributed by atoms with van der Waals surface area (Å²) in [7, 11) is 0. The first kappa shape index (κ1) is 20.4. The van der Waals surface area contributed by atoms with Gasteiger partial charge in [0.05, 0.1) is 12.2 Å². The highest BCUT2D eigenvalue weighted by Crippen LogP contribution is 2.24. The Morgan fingerprint density at radius 2 is 1.86 bits per heavy atom. The molecule has 0 spiro atoms. The number of amides is 2. The van der Waals surface area contributed by atoms with Gasteiger partial charge in [-0.25, -0.2) is 4.79 Å². The second-order valence-corrected chi connectivity index (χ2v) is 8.51. The van der Waals surface area contributed by atoms with Crippen molar-refractivity contribution in [3.05, 3.63) is 17.8 Å². The van der Waals surface area contributed by atoms with Crippen LogP contribution < -0.4 is 4.74 Å². The number of hydrogen-bond acceptors (Lipinski definition) is 6. The summed E-state index contributed by atoms with van der Waals surface area (Å²) in [6.07, 6.45) is 2.66. The number of nitrogens with zero attached hydrogens (tertiary/aromatic N) is 4. The van der Waals surface area contributed by atoms with Gasteiger partial charge in [-0.15, -0.1) is 5.10 Å². The molecule has 154 valence electrons. The molecular weight excluding hydrogens is 360 g/mol. The molecule has 2 aliphatic rings. The molecule has 0 bridgehead atoms. The van der Waals surface area contributed by atoms with Crippen molar-refractivity contribution in [2.45, 2.75) is 71.1 Å². The second-order valence-electron chi connectivity index (χ2n) is 8.51. The highest BCUT2D eigenvalue weighted by atomic mass is 16.6. The number of piperidine rings is 1. The van der Waals surface area contributed by atoms with E-state index >= 15 is 0 Å². The Balaban J connectivity index is 1.61. The zero-order chi connectivity index (χ0) is 20.3. The second kappa shape index (κ2) is 8.32. The minimum atomic E-state index is -0.577. The van der Waals surface area contributed by atoms with Crippen LogP contribution in [0.15, 0.2) is 12.1 Å². The van der Waals surface area contributed by atoms with E-state index in [9.17, 15) is 9.59 Å². The highest BCUT2D eigenvalue weighted by molar-refractivity contribution is 5.86. The maximum atomic E-state index is 13.1. The fourth-order valence-electron chi connectivity index (χ4n) is 3.63. The molecule has 28 heavy (non-hydrogen) atoms. The largest absolute Gasteiger partial charge is 0.471 e. The van der Waals surface area contributed by atoms with Crippen molar-refractivity contribution >= 4 is 12.0 Å². The molecule has 0 aliphatic carbocycles. The number of rotatable bonds is 3. The molecule has 8 nitrogen and oxygen atoms in total. The third kappa shape index (κ3) is 5.11. The maximum absolute atomic E-state index is 13.1. The zero-order valence-corrected chi connectivity index (χ0v) is 17.2. The Bertz CT molecular complexity index is 701. The average molecular weight is 390 g/mol. The van der Waals surface area contributed by atoms with Crippen LogP contribution in [-0.4, -0.2) is 69.4 Å². The molecule has 0 N–H and O–H groups in total. The summed E-state index contributed by atoms with van der Waals surface area (Å²) in [6, 6.07) is 3.20. The van der Waals surface area contributed by atoms with Crippen molar-refractivity contribution in [1.82, 2.24) is 20.0 Å². The summed E-state index contributed by atoms with van der Waals surface area (Å²) in [5, 5.41) is 8.05. The Kier molecular flexibility index (Phi) is 6.05. The van der Waals surface area contributed by atoms with Crippen molar-refractivity contribution in [1.29, 1.82) is 0 Å². The van der Waals surface area contributed by atoms with E-state index in [1.54, 1.807) is 11.0 Å². The molecule has 1 aromatic heterocycles. The van der Waals surface area contributed by atoms with Crippen molar-refractivity contribution in [3.63, 3.8) is 0 Å². The van der Waals surface area contributed by atoms with Crippen LogP contribution in [0, 0.1) is 6.92 Å². The standard InChI is InChI=1S/C20H30N4O4/c1-14-9-10-17(22-21-14)27-15-7-5-11-23(13-15)18(25)16-8-6-12-24(16)19(26)28-20(2,3)4/h9-10,15-16H,5-8,11-13H2,1-4H3. The van der Waals surface area contributed by atoms with Crippen molar-refractivity contribution in [3.8, 4) is 5.88 Å². The number of carbonyl (C=O) groups excluding carboxylic acids is 2. The summed E-state index contributed by atoms with van der Waals surface area (Å²) < 4.78 is 11.4. The fourth-order valence-corrected chi connectivity index (χ4v) is 3.63. The van der Waals surface area contributed by atoms with Crippen LogP contribution in [0.1, 0.15) is 52.1 Å². The Hall–Kier alpha value is -2.38. The topological polar surface area (TPSA) is 84.9 Å². The van der Waals surface area contributed by atoms with E-state index in [0.29, 0.717) is 31.9 Å². The van der Waals surface area contributed by atoms with Gasteiger partial charge in [-0.05, 0) is 59.4 Å². The molecule has 2 atom stereocenters. The number of carbonyl (C=O) groups is 2. The summed E-state index contributed by atoms with van der Waals surface area (Å²) >= 11 is 0. The van der Waals surface area contributed by atoms with Gasteiger partial charge in [0.1, 0.15) is 17.7 Å². The normalized spacial score (nSPS) is 22.9. The first-order valence-electron chi connectivity index (χ1n) is 9.98. The number of ether oxygens (including phenoxy) is 2. The van der Waals surface area contributed by atoms with Gasteiger partial charge in [0.15, 0.2) is 0 Å². The van der Waals surface area contributed by atoms with Crippen molar-refractivity contribution in [2.24, 2.45) is 0 Å². The molecule has 2 unspecified atom stereocenters. The smallest absolute Gasteiger partial charge is 0.410 e. The molecule has 0 saturated carbocycles. The molecule has 8 heteroatoms. The number of aromatic nitrogens is 2. The van der Waals surface area contributed by atoms with Crippen LogP contribution in [0.3, 0.4) is 0 Å². The quantitative estimate of drug-likeness (QED) is 0.789. The Morgan fingerprint density at radius 1 is 1.11 bits per heavy atom. The van der Waals surface area contributed by atoms with Crippen LogP contribution in [0.4, 0.5) is 4.79 Å². The van der Waals surface area contributed by atoms with E-state index < -0.39 is 17.7 Å². The summed E-state index contributed by atoms with van der Waals surface area (Å²) in [4.78, 5) is 29.0. The van der Waals surface area contributed by atoms with Gasteiger partial charge in [0, 0.05) is 19.2 Å².